The van der Waals surface area contributed by atoms with Crippen molar-refractivity contribution in [3.8, 4) is 6.07 Å². The lowest BCUT2D eigenvalue weighted by molar-refractivity contribution is 0.300. The van der Waals surface area contributed by atoms with Crippen LogP contribution in [0.2, 0.25) is 0 Å². The first-order valence-electron chi connectivity index (χ1n) is 7.50. The Morgan fingerprint density at radius 2 is 2.14 bits per heavy atom. The quantitative estimate of drug-likeness (QED) is 0.847. The van der Waals surface area contributed by atoms with Crippen molar-refractivity contribution in [2.45, 2.75) is 26.8 Å². The number of imidazole rings is 1. The molecule has 0 aliphatic heterocycles. The Labute approximate surface area is 126 Å². The molecule has 0 spiro atoms. The van der Waals surface area contributed by atoms with Gasteiger partial charge in [0.15, 0.2) is 0 Å². The maximum atomic E-state index is 9.49. The lowest BCUT2D eigenvalue weighted by atomic mass is 10.2. The van der Waals surface area contributed by atoms with Gasteiger partial charge in [0.2, 0.25) is 0 Å². The summed E-state index contributed by atoms with van der Waals surface area (Å²) in [5.41, 5.74) is 2.73. The van der Waals surface area contributed by atoms with Crippen molar-refractivity contribution in [3.05, 3.63) is 35.8 Å². The molecule has 0 aliphatic rings. The van der Waals surface area contributed by atoms with Gasteiger partial charge >= 0.3 is 0 Å². The topological polar surface area (TPSA) is 56.4 Å². The average molecular weight is 285 g/mol. The molecule has 0 radical (unpaired) electrons. The molecule has 0 saturated carbocycles. The Hall–Kier alpha value is -1.90. The van der Waals surface area contributed by atoms with Crippen LogP contribution in [0.4, 0.5) is 0 Å². The Morgan fingerprint density at radius 1 is 1.38 bits per heavy atom. The summed E-state index contributed by atoms with van der Waals surface area (Å²) in [5.74, 6) is 0. The first-order chi connectivity index (χ1) is 10.2. The molecule has 0 amide bonds. The third kappa shape index (κ3) is 3.41. The van der Waals surface area contributed by atoms with E-state index in [1.165, 1.54) is 0 Å². The Kier molecular flexibility index (Phi) is 5.32. The van der Waals surface area contributed by atoms with Crippen molar-refractivity contribution in [2.24, 2.45) is 0 Å². The van der Waals surface area contributed by atoms with Crippen LogP contribution in [0.3, 0.4) is 0 Å². The number of nitrogens with one attached hydrogen (secondary N) is 1. The lowest BCUT2D eigenvalue weighted by Gasteiger charge is -2.19. The van der Waals surface area contributed by atoms with Gasteiger partial charge in [0.25, 0.3) is 0 Å². The third-order valence-corrected chi connectivity index (χ3v) is 3.82. The number of pyridine rings is 1. The van der Waals surface area contributed by atoms with E-state index in [1.54, 1.807) is 0 Å². The van der Waals surface area contributed by atoms with Gasteiger partial charge in [-0.05, 0) is 32.1 Å². The van der Waals surface area contributed by atoms with E-state index in [2.05, 4.69) is 35.1 Å². The number of nitrogens with zero attached hydrogens (tertiary/aromatic N) is 4. The summed E-state index contributed by atoms with van der Waals surface area (Å²) in [7, 11) is 0. The highest BCUT2D eigenvalue weighted by Crippen LogP contribution is 2.19. The summed E-state index contributed by atoms with van der Waals surface area (Å²) in [6.07, 6.45) is 1.96. The molecule has 1 atom stereocenters. The molecule has 2 heterocycles. The lowest BCUT2D eigenvalue weighted by Crippen LogP contribution is -2.33. The van der Waals surface area contributed by atoms with Crippen LogP contribution in [0.15, 0.2) is 24.4 Å². The zero-order valence-corrected chi connectivity index (χ0v) is 13.0. The van der Waals surface area contributed by atoms with Gasteiger partial charge in [0, 0.05) is 19.3 Å². The number of hydrogen-bond acceptors (Lipinski definition) is 4. The van der Waals surface area contributed by atoms with E-state index in [9.17, 15) is 5.26 Å². The van der Waals surface area contributed by atoms with Crippen molar-refractivity contribution in [1.29, 1.82) is 5.26 Å². The van der Waals surface area contributed by atoms with Gasteiger partial charge < -0.3 is 9.30 Å². The van der Waals surface area contributed by atoms with Crippen LogP contribution < -0.4 is 5.32 Å². The fourth-order valence-electron chi connectivity index (χ4n) is 2.59. The average Bonchev–Trinajstić information content (AvgIpc) is 2.84. The van der Waals surface area contributed by atoms with Gasteiger partial charge in [-0.25, -0.2) is 4.98 Å². The molecule has 0 fully saturated rings. The first kappa shape index (κ1) is 15.5. The van der Waals surface area contributed by atoms with Crippen molar-refractivity contribution >= 4 is 5.65 Å². The number of aryl methyl sites for hydroxylation is 1. The minimum absolute atomic E-state index is 0.335. The van der Waals surface area contributed by atoms with Gasteiger partial charge in [0.1, 0.15) is 11.7 Å². The summed E-state index contributed by atoms with van der Waals surface area (Å²) in [6, 6.07) is 7.90. The standard InChI is InChI=1S/C16H23N5/c1-4-20(5-2)11-9-18-14(12-17)16-13(3)19-15-8-6-7-10-21(15)16/h6-8,10,14,18H,4-5,9,11H2,1-3H3. The van der Waals surface area contributed by atoms with E-state index in [4.69, 9.17) is 0 Å². The second-order valence-corrected chi connectivity index (χ2v) is 5.05. The van der Waals surface area contributed by atoms with Gasteiger partial charge in [-0.15, -0.1) is 0 Å². The molecule has 2 aromatic heterocycles. The summed E-state index contributed by atoms with van der Waals surface area (Å²) in [5, 5.41) is 12.8. The molecule has 112 valence electrons. The van der Waals surface area contributed by atoms with Crippen LogP contribution in [-0.2, 0) is 0 Å². The molecule has 1 unspecified atom stereocenters. The second-order valence-electron chi connectivity index (χ2n) is 5.05. The van der Waals surface area contributed by atoms with E-state index in [1.807, 2.05) is 35.7 Å². The molecule has 2 aromatic rings. The molecule has 0 aliphatic carbocycles. The fourth-order valence-corrected chi connectivity index (χ4v) is 2.59. The highest BCUT2D eigenvalue weighted by atomic mass is 15.1. The van der Waals surface area contributed by atoms with Crippen LogP contribution in [0, 0.1) is 18.3 Å². The maximum Gasteiger partial charge on any atom is 0.138 e. The predicted molar refractivity (Wildman–Crippen MR) is 84.1 cm³/mol. The molecule has 0 bridgehead atoms. The molecule has 0 aromatic carbocycles. The maximum absolute atomic E-state index is 9.49. The predicted octanol–water partition coefficient (Wildman–Crippen LogP) is 2.14. The Morgan fingerprint density at radius 3 is 2.81 bits per heavy atom. The molecule has 5 heteroatoms. The van der Waals surface area contributed by atoms with Crippen LogP contribution in [0.1, 0.15) is 31.3 Å². The van der Waals surface area contributed by atoms with Gasteiger partial charge in [-0.3, -0.25) is 5.32 Å². The zero-order valence-electron chi connectivity index (χ0n) is 13.0. The smallest absolute Gasteiger partial charge is 0.138 e. The number of fused-ring (bicyclic) bond motifs is 1. The van der Waals surface area contributed by atoms with E-state index < -0.39 is 0 Å². The first-order valence-corrected chi connectivity index (χ1v) is 7.50. The van der Waals surface area contributed by atoms with Crippen molar-refractivity contribution in [3.63, 3.8) is 0 Å². The summed E-state index contributed by atoms with van der Waals surface area (Å²) >= 11 is 0. The fraction of sp³-hybridized carbons (Fsp3) is 0.500. The molecular formula is C16H23N5. The van der Waals surface area contributed by atoms with Crippen molar-refractivity contribution in [2.75, 3.05) is 26.2 Å². The molecule has 2 rings (SSSR count). The second kappa shape index (κ2) is 7.21. The number of hydrogen-bond donors (Lipinski definition) is 1. The van der Waals surface area contributed by atoms with Crippen molar-refractivity contribution < 1.29 is 0 Å². The van der Waals surface area contributed by atoms with E-state index in [-0.39, 0.29) is 6.04 Å². The third-order valence-electron chi connectivity index (χ3n) is 3.82. The largest absolute Gasteiger partial charge is 0.303 e. The molecule has 0 saturated heterocycles. The van der Waals surface area contributed by atoms with Crippen LogP contribution in [0.5, 0.6) is 0 Å². The number of rotatable bonds is 7. The van der Waals surface area contributed by atoms with Gasteiger partial charge in [0.05, 0.1) is 17.5 Å². The van der Waals surface area contributed by atoms with Gasteiger partial charge in [-0.1, -0.05) is 19.9 Å². The monoisotopic (exact) mass is 285 g/mol. The van der Waals surface area contributed by atoms with Crippen LogP contribution in [-0.4, -0.2) is 40.5 Å². The summed E-state index contributed by atoms with van der Waals surface area (Å²) in [6.45, 7) is 10.1. The Balaban J connectivity index is 2.13. The summed E-state index contributed by atoms with van der Waals surface area (Å²) in [4.78, 5) is 6.86. The van der Waals surface area contributed by atoms with Gasteiger partial charge in [-0.2, -0.15) is 5.26 Å². The number of aromatic nitrogens is 2. The summed E-state index contributed by atoms with van der Waals surface area (Å²) < 4.78 is 1.99. The SMILES string of the molecule is CCN(CC)CCNC(C#N)c1c(C)nc2ccccn12. The van der Waals surface area contributed by atoms with Crippen LogP contribution in [0.25, 0.3) is 5.65 Å². The molecule has 1 N–H and O–H groups in total. The zero-order chi connectivity index (χ0) is 15.2. The minimum atomic E-state index is -0.335. The highest BCUT2D eigenvalue weighted by molar-refractivity contribution is 5.44. The highest BCUT2D eigenvalue weighted by Gasteiger charge is 2.18. The Bertz CT molecular complexity index is 621. The molecule has 21 heavy (non-hydrogen) atoms. The number of likely N-dealkylation sites (N-methyl/N-ethyl adjacent to an activating group) is 1. The molecular weight excluding hydrogens is 262 g/mol. The van der Waals surface area contributed by atoms with E-state index in [0.717, 1.165) is 43.2 Å². The number of nitriles is 1. The van der Waals surface area contributed by atoms with E-state index >= 15 is 0 Å². The van der Waals surface area contributed by atoms with E-state index in [0.29, 0.717) is 0 Å². The molecule has 5 nitrogen and oxygen atoms in total. The van der Waals surface area contributed by atoms with Crippen LogP contribution >= 0.6 is 0 Å². The minimum Gasteiger partial charge on any atom is -0.303 e. The normalized spacial score (nSPS) is 12.7. The van der Waals surface area contributed by atoms with Crippen molar-refractivity contribution in [1.82, 2.24) is 19.6 Å².